The second kappa shape index (κ2) is 8.25. The Bertz CT molecular complexity index is 1090. The third-order valence-corrected chi connectivity index (χ3v) is 4.82. The molecule has 6 heteroatoms. The molecule has 3 N–H and O–H groups in total. The highest BCUT2D eigenvalue weighted by Crippen LogP contribution is 2.23. The van der Waals surface area contributed by atoms with Crippen LogP contribution in [-0.4, -0.2) is 15.9 Å². The van der Waals surface area contributed by atoms with Gasteiger partial charge in [0.05, 0.1) is 17.1 Å². The summed E-state index contributed by atoms with van der Waals surface area (Å²) in [6.07, 6.45) is 2.13. The highest BCUT2D eigenvalue weighted by molar-refractivity contribution is 5.97. The fraction of sp³-hybridized carbons (Fsp3) is 0.318. The number of carbonyl (C=O) groups is 1. The molecule has 0 saturated heterocycles. The van der Waals surface area contributed by atoms with E-state index in [1.54, 1.807) is 18.2 Å². The number of H-pyrrole nitrogens is 2. The summed E-state index contributed by atoms with van der Waals surface area (Å²) in [5, 5.41) is 3.09. The average Bonchev–Trinajstić information content (AvgIpc) is 2.67. The number of aryl methyl sites for hydroxylation is 1. The number of benzene rings is 2. The van der Waals surface area contributed by atoms with E-state index in [2.05, 4.69) is 60.3 Å². The molecule has 1 amide bonds. The van der Waals surface area contributed by atoms with E-state index in [0.717, 1.165) is 18.4 Å². The van der Waals surface area contributed by atoms with Crippen molar-refractivity contribution in [3.05, 3.63) is 79.9 Å². The number of hydrogen-bond donors (Lipinski definition) is 3. The number of nitrogens with one attached hydrogen (secondary N) is 3. The topological polar surface area (TPSA) is 94.8 Å². The summed E-state index contributed by atoms with van der Waals surface area (Å²) in [4.78, 5) is 40.8. The van der Waals surface area contributed by atoms with Gasteiger partial charge >= 0.3 is 11.1 Å². The van der Waals surface area contributed by atoms with Crippen LogP contribution in [0.1, 0.15) is 54.7 Å². The zero-order chi connectivity index (χ0) is 20.3. The van der Waals surface area contributed by atoms with Crippen molar-refractivity contribution in [3.8, 4) is 0 Å². The number of aromatic nitrogens is 2. The standard InChI is InChI=1S/C22H25N3O3/c1-4-5-14-6-8-15(9-7-14)19(13(2)3)25-20(26)16-10-11-17-18(12-16)24-22(28)21(27)23-17/h6-13,19H,4-5H2,1-3H3,(H,23,27)(H,24,28)(H,25,26). The largest absolute Gasteiger partial charge is 0.345 e. The SMILES string of the molecule is CCCc1ccc(C(NC(=O)c2ccc3[nH]c(=O)c(=O)[nH]c3c2)C(C)C)cc1. The van der Waals surface area contributed by atoms with Crippen LogP contribution in [-0.2, 0) is 6.42 Å². The maximum Gasteiger partial charge on any atom is 0.314 e. The predicted octanol–water partition coefficient (Wildman–Crippen LogP) is 3.30. The van der Waals surface area contributed by atoms with E-state index in [-0.39, 0.29) is 17.9 Å². The third kappa shape index (κ3) is 4.22. The minimum atomic E-state index is -0.739. The van der Waals surface area contributed by atoms with E-state index in [0.29, 0.717) is 16.6 Å². The Morgan fingerprint density at radius 1 is 0.964 bits per heavy atom. The van der Waals surface area contributed by atoms with Crippen LogP contribution in [0.5, 0.6) is 0 Å². The fourth-order valence-electron chi connectivity index (χ4n) is 3.30. The first kappa shape index (κ1) is 19.6. The number of aromatic amines is 2. The normalized spacial score (nSPS) is 12.3. The Balaban J connectivity index is 1.86. The molecule has 0 aliphatic heterocycles. The molecular weight excluding hydrogens is 354 g/mol. The number of rotatable bonds is 6. The lowest BCUT2D eigenvalue weighted by Crippen LogP contribution is -2.32. The second-order valence-corrected chi connectivity index (χ2v) is 7.36. The van der Waals surface area contributed by atoms with Crippen LogP contribution in [0.3, 0.4) is 0 Å². The highest BCUT2D eigenvalue weighted by Gasteiger charge is 2.19. The van der Waals surface area contributed by atoms with Gasteiger partial charge in [-0.3, -0.25) is 14.4 Å². The van der Waals surface area contributed by atoms with E-state index in [9.17, 15) is 14.4 Å². The average molecular weight is 379 g/mol. The summed E-state index contributed by atoms with van der Waals surface area (Å²) >= 11 is 0. The second-order valence-electron chi connectivity index (χ2n) is 7.36. The highest BCUT2D eigenvalue weighted by atomic mass is 16.2. The molecule has 3 aromatic rings. The Morgan fingerprint density at radius 3 is 2.21 bits per heavy atom. The van der Waals surface area contributed by atoms with Gasteiger partial charge < -0.3 is 15.3 Å². The zero-order valence-corrected chi connectivity index (χ0v) is 16.3. The van der Waals surface area contributed by atoms with Crippen molar-refractivity contribution < 1.29 is 4.79 Å². The van der Waals surface area contributed by atoms with Crippen LogP contribution < -0.4 is 16.4 Å². The van der Waals surface area contributed by atoms with Crippen LogP contribution in [0, 0.1) is 5.92 Å². The number of fused-ring (bicyclic) bond motifs is 1. The van der Waals surface area contributed by atoms with Crippen molar-refractivity contribution in [1.29, 1.82) is 0 Å². The van der Waals surface area contributed by atoms with Crippen LogP contribution in [0.4, 0.5) is 0 Å². The smallest absolute Gasteiger partial charge is 0.314 e. The van der Waals surface area contributed by atoms with Crippen LogP contribution in [0.15, 0.2) is 52.1 Å². The molecular formula is C22H25N3O3. The molecule has 2 aromatic carbocycles. The van der Waals surface area contributed by atoms with Crippen LogP contribution in [0.2, 0.25) is 0 Å². The zero-order valence-electron chi connectivity index (χ0n) is 16.3. The molecule has 146 valence electrons. The molecule has 6 nitrogen and oxygen atoms in total. The fourth-order valence-corrected chi connectivity index (χ4v) is 3.30. The molecule has 1 heterocycles. The van der Waals surface area contributed by atoms with Gasteiger partial charge in [-0.05, 0) is 41.7 Å². The van der Waals surface area contributed by atoms with Crippen molar-refractivity contribution in [2.75, 3.05) is 0 Å². The lowest BCUT2D eigenvalue weighted by molar-refractivity contribution is 0.0925. The summed E-state index contributed by atoms with van der Waals surface area (Å²) < 4.78 is 0. The maximum absolute atomic E-state index is 12.8. The first-order valence-corrected chi connectivity index (χ1v) is 9.55. The Kier molecular flexibility index (Phi) is 5.78. The van der Waals surface area contributed by atoms with Gasteiger partial charge in [0.15, 0.2) is 0 Å². The first-order chi connectivity index (χ1) is 13.4. The van der Waals surface area contributed by atoms with Gasteiger partial charge in [0, 0.05) is 5.56 Å². The van der Waals surface area contributed by atoms with E-state index < -0.39 is 11.1 Å². The minimum absolute atomic E-state index is 0.131. The van der Waals surface area contributed by atoms with E-state index in [1.807, 2.05) is 0 Å². The van der Waals surface area contributed by atoms with Gasteiger partial charge in [-0.25, -0.2) is 0 Å². The minimum Gasteiger partial charge on any atom is -0.345 e. The van der Waals surface area contributed by atoms with E-state index in [4.69, 9.17) is 0 Å². The Hall–Kier alpha value is -3.15. The van der Waals surface area contributed by atoms with Gasteiger partial charge in [-0.1, -0.05) is 51.5 Å². The molecule has 1 aromatic heterocycles. The quantitative estimate of drug-likeness (QED) is 0.574. The van der Waals surface area contributed by atoms with Crippen LogP contribution >= 0.6 is 0 Å². The molecule has 0 spiro atoms. The van der Waals surface area contributed by atoms with Gasteiger partial charge in [-0.2, -0.15) is 0 Å². The third-order valence-electron chi connectivity index (χ3n) is 4.82. The summed E-state index contributed by atoms with van der Waals surface area (Å²) in [6.45, 7) is 6.28. The first-order valence-electron chi connectivity index (χ1n) is 9.55. The summed E-state index contributed by atoms with van der Waals surface area (Å²) in [5.74, 6) is -0.0251. The molecule has 1 unspecified atom stereocenters. The molecule has 28 heavy (non-hydrogen) atoms. The van der Waals surface area contributed by atoms with Crippen molar-refractivity contribution in [2.45, 2.75) is 39.7 Å². The van der Waals surface area contributed by atoms with Crippen molar-refractivity contribution in [1.82, 2.24) is 15.3 Å². The van der Waals surface area contributed by atoms with Gasteiger partial charge in [0.25, 0.3) is 5.91 Å². The Morgan fingerprint density at radius 2 is 1.61 bits per heavy atom. The molecule has 0 saturated carbocycles. The number of amides is 1. The summed E-state index contributed by atoms with van der Waals surface area (Å²) in [5.41, 5.74) is 2.21. The van der Waals surface area contributed by atoms with Crippen molar-refractivity contribution >= 4 is 16.9 Å². The molecule has 0 aliphatic carbocycles. The van der Waals surface area contributed by atoms with Gasteiger partial charge in [0.1, 0.15) is 0 Å². The molecule has 0 radical (unpaired) electrons. The monoisotopic (exact) mass is 379 g/mol. The maximum atomic E-state index is 12.8. The molecule has 0 aliphatic rings. The Labute approximate surface area is 163 Å². The lowest BCUT2D eigenvalue weighted by atomic mass is 9.94. The van der Waals surface area contributed by atoms with Gasteiger partial charge in [-0.15, -0.1) is 0 Å². The van der Waals surface area contributed by atoms with Crippen molar-refractivity contribution in [3.63, 3.8) is 0 Å². The molecule has 0 fully saturated rings. The molecule has 0 bridgehead atoms. The van der Waals surface area contributed by atoms with E-state index >= 15 is 0 Å². The molecule has 1 atom stereocenters. The predicted molar refractivity (Wildman–Crippen MR) is 111 cm³/mol. The van der Waals surface area contributed by atoms with Crippen molar-refractivity contribution in [2.24, 2.45) is 5.92 Å². The molecule has 3 rings (SSSR count). The summed E-state index contributed by atoms with van der Waals surface area (Å²) in [6, 6.07) is 13.0. The number of carbonyl (C=O) groups excluding carboxylic acids is 1. The van der Waals surface area contributed by atoms with Crippen LogP contribution in [0.25, 0.3) is 11.0 Å². The van der Waals surface area contributed by atoms with Gasteiger partial charge in [0.2, 0.25) is 0 Å². The summed E-state index contributed by atoms with van der Waals surface area (Å²) in [7, 11) is 0. The lowest BCUT2D eigenvalue weighted by Gasteiger charge is -2.23. The van der Waals surface area contributed by atoms with E-state index in [1.165, 1.54) is 5.56 Å². The number of hydrogen-bond acceptors (Lipinski definition) is 3.